The Morgan fingerprint density at radius 3 is 2.81 bits per heavy atom. The molecule has 27 heavy (non-hydrogen) atoms. The Kier molecular flexibility index (Phi) is 5.29. The van der Waals surface area contributed by atoms with E-state index in [9.17, 15) is 18.0 Å². The van der Waals surface area contributed by atoms with Gasteiger partial charge in [-0.2, -0.15) is 13.2 Å². The second-order valence-electron chi connectivity index (χ2n) is 5.65. The lowest BCUT2D eigenvalue weighted by Gasteiger charge is -2.15. The topological polar surface area (TPSA) is 84.3 Å². The Hall–Kier alpha value is -2.72. The van der Waals surface area contributed by atoms with Gasteiger partial charge in [0.2, 0.25) is 0 Å². The number of thiophene rings is 1. The van der Waals surface area contributed by atoms with Crippen LogP contribution in [-0.4, -0.2) is 39.8 Å². The highest BCUT2D eigenvalue weighted by Gasteiger charge is 2.38. The van der Waals surface area contributed by atoms with Gasteiger partial charge in [0, 0.05) is 11.8 Å². The molecular formula is C17H14F3N3O3S. The quantitative estimate of drug-likeness (QED) is 0.689. The molecule has 3 heterocycles. The number of pyridine rings is 2. The lowest BCUT2D eigenvalue weighted by Crippen LogP contribution is -2.40. The smallest absolute Gasteiger partial charge is 0.416 e. The molecule has 3 aromatic heterocycles. The highest BCUT2D eigenvalue weighted by molar-refractivity contribution is 7.17. The number of alkyl halides is 3. The summed E-state index contributed by atoms with van der Waals surface area (Å²) in [4.78, 5) is 20.4. The molecule has 0 fully saturated rings. The van der Waals surface area contributed by atoms with E-state index >= 15 is 0 Å². The summed E-state index contributed by atoms with van der Waals surface area (Å²) in [5.74, 6) is -0.0687. The average molecular weight is 397 g/mol. The van der Waals surface area contributed by atoms with Crippen molar-refractivity contribution < 1.29 is 27.8 Å². The highest BCUT2D eigenvalue weighted by Crippen LogP contribution is 2.33. The van der Waals surface area contributed by atoms with Crippen molar-refractivity contribution in [2.75, 3.05) is 6.54 Å². The van der Waals surface area contributed by atoms with Crippen LogP contribution in [0, 0.1) is 6.92 Å². The molecule has 0 bridgehead atoms. The van der Waals surface area contributed by atoms with Crippen LogP contribution >= 0.6 is 11.3 Å². The summed E-state index contributed by atoms with van der Waals surface area (Å²) < 4.78 is 43.5. The molecule has 0 spiro atoms. The molecule has 1 unspecified atom stereocenters. The summed E-state index contributed by atoms with van der Waals surface area (Å²) in [6.45, 7) is 0.856. The third-order valence-corrected chi connectivity index (χ3v) is 4.47. The number of halogens is 3. The summed E-state index contributed by atoms with van der Waals surface area (Å²) in [5.41, 5.74) is 1.16. The van der Waals surface area contributed by atoms with Crippen molar-refractivity contribution in [2.24, 2.45) is 0 Å². The number of hydrogen-bond donors (Lipinski definition) is 2. The van der Waals surface area contributed by atoms with Crippen molar-refractivity contribution in [3.8, 4) is 11.5 Å². The highest BCUT2D eigenvalue weighted by atomic mass is 32.1. The minimum absolute atomic E-state index is 0.120. The number of aromatic nitrogens is 2. The monoisotopic (exact) mass is 397 g/mol. The predicted molar refractivity (Wildman–Crippen MR) is 93.1 cm³/mol. The van der Waals surface area contributed by atoms with Crippen LogP contribution in [0.1, 0.15) is 16.2 Å². The third kappa shape index (κ3) is 4.52. The van der Waals surface area contributed by atoms with E-state index in [1.54, 1.807) is 23.6 Å². The maximum absolute atomic E-state index is 12.4. The van der Waals surface area contributed by atoms with Crippen LogP contribution in [0.3, 0.4) is 0 Å². The number of ether oxygens (including phenoxy) is 1. The SMILES string of the molecule is Cc1ccc(Oc2cc(C(=O)NCC(O)C(F)(F)F)nc3ccsc23)cn1. The lowest BCUT2D eigenvalue weighted by atomic mass is 10.2. The van der Waals surface area contributed by atoms with Crippen LogP contribution in [0.25, 0.3) is 10.2 Å². The van der Waals surface area contributed by atoms with Gasteiger partial charge in [-0.1, -0.05) is 0 Å². The van der Waals surface area contributed by atoms with Crippen molar-refractivity contribution in [1.29, 1.82) is 0 Å². The second-order valence-corrected chi connectivity index (χ2v) is 6.56. The molecule has 142 valence electrons. The molecule has 0 saturated heterocycles. The van der Waals surface area contributed by atoms with E-state index in [1.165, 1.54) is 23.6 Å². The Bertz CT molecular complexity index is 957. The summed E-state index contributed by atoms with van der Waals surface area (Å²) in [6, 6.07) is 6.48. The number of aliphatic hydroxyl groups is 1. The Balaban J connectivity index is 1.84. The van der Waals surface area contributed by atoms with Crippen molar-refractivity contribution in [2.45, 2.75) is 19.2 Å². The number of nitrogens with one attached hydrogen (secondary N) is 1. The number of hydrogen-bond acceptors (Lipinski definition) is 6. The zero-order chi connectivity index (χ0) is 19.6. The third-order valence-electron chi connectivity index (χ3n) is 3.56. The van der Waals surface area contributed by atoms with Crippen molar-refractivity contribution in [1.82, 2.24) is 15.3 Å². The molecule has 0 aromatic carbocycles. The van der Waals surface area contributed by atoms with Gasteiger partial charge in [0.25, 0.3) is 5.91 Å². The Morgan fingerprint density at radius 2 is 2.15 bits per heavy atom. The van der Waals surface area contributed by atoms with Crippen molar-refractivity contribution in [3.05, 3.63) is 47.2 Å². The van der Waals surface area contributed by atoms with E-state index in [4.69, 9.17) is 9.84 Å². The maximum Gasteiger partial charge on any atom is 0.416 e. The minimum Gasteiger partial charge on any atom is -0.454 e. The van der Waals surface area contributed by atoms with Crippen LogP contribution in [0.5, 0.6) is 11.5 Å². The summed E-state index contributed by atoms with van der Waals surface area (Å²) in [7, 11) is 0. The predicted octanol–water partition coefficient (Wildman–Crippen LogP) is 3.45. The average Bonchev–Trinajstić information content (AvgIpc) is 3.09. The first-order valence-corrected chi connectivity index (χ1v) is 8.64. The number of aliphatic hydroxyl groups excluding tert-OH is 1. The number of carbonyl (C=O) groups is 1. The molecule has 0 aliphatic rings. The van der Waals surface area contributed by atoms with Gasteiger partial charge in [0.05, 0.1) is 23.0 Å². The maximum atomic E-state index is 12.4. The number of fused-ring (bicyclic) bond motifs is 1. The number of aryl methyl sites for hydroxylation is 1. The molecule has 3 aromatic rings. The largest absolute Gasteiger partial charge is 0.454 e. The minimum atomic E-state index is -4.81. The van der Waals surface area contributed by atoms with E-state index in [2.05, 4.69) is 9.97 Å². The van der Waals surface area contributed by atoms with Crippen LogP contribution in [-0.2, 0) is 0 Å². The van der Waals surface area contributed by atoms with Gasteiger partial charge in [-0.15, -0.1) is 11.3 Å². The molecule has 0 aliphatic carbocycles. The molecule has 6 nitrogen and oxygen atoms in total. The summed E-state index contributed by atoms with van der Waals surface area (Å²) in [5, 5.41) is 12.8. The van der Waals surface area contributed by atoms with Crippen molar-refractivity contribution >= 4 is 27.5 Å². The van der Waals surface area contributed by atoms with Gasteiger partial charge < -0.3 is 15.2 Å². The first-order valence-electron chi connectivity index (χ1n) is 7.76. The van der Waals surface area contributed by atoms with Gasteiger partial charge in [-0.05, 0) is 30.5 Å². The van der Waals surface area contributed by atoms with Crippen LogP contribution in [0.4, 0.5) is 13.2 Å². The second kappa shape index (κ2) is 7.49. The molecule has 0 aliphatic heterocycles. The summed E-state index contributed by atoms with van der Waals surface area (Å²) >= 11 is 1.35. The molecule has 1 amide bonds. The number of amides is 1. The number of nitrogens with zero attached hydrogens (tertiary/aromatic N) is 2. The number of rotatable bonds is 5. The lowest BCUT2D eigenvalue weighted by molar-refractivity contribution is -0.201. The summed E-state index contributed by atoms with van der Waals surface area (Å²) in [6.07, 6.45) is -5.94. The molecule has 0 saturated carbocycles. The van der Waals surface area contributed by atoms with Gasteiger partial charge in [-0.3, -0.25) is 9.78 Å². The molecular weight excluding hydrogens is 383 g/mol. The zero-order valence-corrected chi connectivity index (χ0v) is 14.8. The fourth-order valence-corrected chi connectivity index (χ4v) is 2.94. The Morgan fingerprint density at radius 1 is 1.37 bits per heavy atom. The number of carbonyl (C=O) groups excluding carboxylic acids is 1. The molecule has 10 heteroatoms. The van der Waals surface area contributed by atoms with Gasteiger partial charge in [0.15, 0.2) is 6.10 Å². The molecule has 1 atom stereocenters. The van der Waals surface area contributed by atoms with E-state index in [0.29, 0.717) is 21.7 Å². The molecule has 0 radical (unpaired) electrons. The Labute approximate surface area is 155 Å². The molecule has 2 N–H and O–H groups in total. The van der Waals surface area contributed by atoms with Crippen LogP contribution in [0.2, 0.25) is 0 Å². The van der Waals surface area contributed by atoms with E-state index in [0.717, 1.165) is 5.69 Å². The van der Waals surface area contributed by atoms with Gasteiger partial charge in [0.1, 0.15) is 17.2 Å². The standard InChI is InChI=1S/C17H14F3N3O3S/c1-9-2-3-10(7-21-9)26-13-6-12(23-11-4-5-27-15(11)13)16(25)22-8-14(24)17(18,19)20/h2-7,14,24H,8H2,1H3,(H,22,25). The normalized spacial score (nSPS) is 12.8. The van der Waals surface area contributed by atoms with E-state index < -0.39 is 24.7 Å². The van der Waals surface area contributed by atoms with E-state index in [-0.39, 0.29) is 5.69 Å². The molecule has 3 rings (SSSR count). The first kappa shape index (κ1) is 19.1. The fourth-order valence-electron chi connectivity index (χ4n) is 2.16. The van der Waals surface area contributed by atoms with E-state index in [1.807, 2.05) is 12.2 Å². The fraction of sp³-hybridized carbons (Fsp3) is 0.235. The zero-order valence-electron chi connectivity index (χ0n) is 13.9. The van der Waals surface area contributed by atoms with Crippen LogP contribution in [0.15, 0.2) is 35.8 Å². The van der Waals surface area contributed by atoms with Gasteiger partial charge in [-0.25, -0.2) is 4.98 Å². The van der Waals surface area contributed by atoms with Gasteiger partial charge >= 0.3 is 6.18 Å². The first-order chi connectivity index (χ1) is 12.7. The van der Waals surface area contributed by atoms with Crippen molar-refractivity contribution in [3.63, 3.8) is 0 Å². The van der Waals surface area contributed by atoms with Crippen LogP contribution < -0.4 is 10.1 Å².